The van der Waals surface area contributed by atoms with Gasteiger partial charge in [0.25, 0.3) is 0 Å². The van der Waals surface area contributed by atoms with Crippen LogP contribution in [0.15, 0.2) is 73.1 Å². The van der Waals surface area contributed by atoms with E-state index in [1.54, 1.807) is 6.20 Å². The number of ether oxygens (including phenoxy) is 1. The molecule has 0 N–H and O–H groups in total. The molecule has 0 bridgehead atoms. The lowest BCUT2D eigenvalue weighted by molar-refractivity contribution is 0.243. The first-order valence-corrected chi connectivity index (χ1v) is 6.68. The maximum atomic E-state index is 6.20. The van der Waals surface area contributed by atoms with Gasteiger partial charge in [-0.25, -0.2) is 0 Å². The molecule has 0 amide bonds. The molecule has 2 heteroatoms. The molecule has 4 rings (SSSR count). The number of hydrogen-bond donors (Lipinski definition) is 0. The zero-order valence-corrected chi connectivity index (χ0v) is 10.9. The summed E-state index contributed by atoms with van der Waals surface area (Å²) in [6.07, 6.45) is 3.57. The van der Waals surface area contributed by atoms with Gasteiger partial charge < -0.3 is 4.74 Å². The zero-order valence-electron chi connectivity index (χ0n) is 10.9. The molecule has 0 fully saturated rings. The highest BCUT2D eigenvalue weighted by molar-refractivity contribution is 5.76. The van der Waals surface area contributed by atoms with E-state index in [1.165, 1.54) is 11.1 Å². The van der Waals surface area contributed by atoms with E-state index in [2.05, 4.69) is 41.4 Å². The monoisotopic (exact) mass is 259 g/mol. The van der Waals surface area contributed by atoms with Gasteiger partial charge in [0.1, 0.15) is 5.75 Å². The van der Waals surface area contributed by atoms with Crippen molar-refractivity contribution in [1.29, 1.82) is 0 Å². The Balaban J connectivity index is 1.93. The Morgan fingerprint density at radius 3 is 2.45 bits per heavy atom. The van der Waals surface area contributed by atoms with E-state index >= 15 is 0 Å². The smallest absolute Gasteiger partial charge is 0.151 e. The van der Waals surface area contributed by atoms with Crippen molar-refractivity contribution in [1.82, 2.24) is 4.98 Å². The summed E-state index contributed by atoms with van der Waals surface area (Å²) in [5.74, 6) is 0.931. The summed E-state index contributed by atoms with van der Waals surface area (Å²) in [5, 5.41) is 0. The fourth-order valence-corrected chi connectivity index (χ4v) is 2.73. The first kappa shape index (κ1) is 11.2. The van der Waals surface area contributed by atoms with E-state index in [4.69, 9.17) is 4.74 Å². The molecule has 3 aromatic rings. The van der Waals surface area contributed by atoms with E-state index in [0.29, 0.717) is 0 Å². The van der Waals surface area contributed by atoms with Crippen molar-refractivity contribution >= 4 is 0 Å². The fraction of sp³-hybridized carbons (Fsp3) is 0.0556. The summed E-state index contributed by atoms with van der Waals surface area (Å²) in [7, 11) is 0. The second-order valence-corrected chi connectivity index (χ2v) is 4.87. The molecule has 0 saturated heterocycles. The van der Waals surface area contributed by atoms with Crippen molar-refractivity contribution < 1.29 is 4.74 Å². The molecule has 1 atom stereocenters. The van der Waals surface area contributed by atoms with Crippen molar-refractivity contribution in [2.45, 2.75) is 6.10 Å². The Kier molecular flexibility index (Phi) is 2.52. The largest absolute Gasteiger partial charge is 0.480 e. The van der Waals surface area contributed by atoms with E-state index in [1.807, 2.05) is 30.5 Å². The molecule has 20 heavy (non-hydrogen) atoms. The average molecular weight is 259 g/mol. The Morgan fingerprint density at radius 2 is 1.60 bits per heavy atom. The van der Waals surface area contributed by atoms with Gasteiger partial charge in [0.15, 0.2) is 6.10 Å². The molecule has 1 aromatic heterocycles. The van der Waals surface area contributed by atoms with Crippen LogP contribution < -0.4 is 4.74 Å². The van der Waals surface area contributed by atoms with Gasteiger partial charge in [0, 0.05) is 29.1 Å². The number of fused-ring (bicyclic) bond motifs is 3. The third-order valence-corrected chi connectivity index (χ3v) is 3.65. The van der Waals surface area contributed by atoms with Crippen LogP contribution in [0, 0.1) is 0 Å². The molecule has 2 aromatic carbocycles. The number of nitrogens with zero attached hydrogens (tertiary/aromatic N) is 1. The highest BCUT2D eigenvalue weighted by atomic mass is 16.5. The number of hydrogen-bond acceptors (Lipinski definition) is 2. The first-order valence-electron chi connectivity index (χ1n) is 6.68. The van der Waals surface area contributed by atoms with Crippen LogP contribution in [0.2, 0.25) is 0 Å². The normalized spacial score (nSPS) is 15.9. The number of rotatable bonds is 1. The van der Waals surface area contributed by atoms with Gasteiger partial charge >= 0.3 is 0 Å². The number of aromatic nitrogens is 1. The van der Waals surface area contributed by atoms with Gasteiger partial charge in [0.2, 0.25) is 0 Å². The lowest BCUT2D eigenvalue weighted by Gasteiger charge is -2.28. The summed E-state index contributed by atoms with van der Waals surface area (Å²) in [5.41, 5.74) is 4.67. The van der Waals surface area contributed by atoms with Crippen molar-refractivity contribution in [3.8, 4) is 16.9 Å². The van der Waals surface area contributed by atoms with Crippen LogP contribution >= 0.6 is 0 Å². The van der Waals surface area contributed by atoms with Gasteiger partial charge in [-0.3, -0.25) is 4.98 Å². The molecule has 96 valence electrons. The predicted molar refractivity (Wildman–Crippen MR) is 78.6 cm³/mol. The maximum absolute atomic E-state index is 6.20. The number of para-hydroxylation sites is 1. The van der Waals surface area contributed by atoms with Crippen molar-refractivity contribution in [2.24, 2.45) is 0 Å². The van der Waals surface area contributed by atoms with Crippen LogP contribution in [0.3, 0.4) is 0 Å². The van der Waals surface area contributed by atoms with E-state index < -0.39 is 0 Å². The second-order valence-electron chi connectivity index (χ2n) is 4.87. The molecule has 2 heterocycles. The zero-order chi connectivity index (χ0) is 13.4. The molecule has 1 aliphatic heterocycles. The molecule has 1 aliphatic rings. The van der Waals surface area contributed by atoms with Crippen LogP contribution in [-0.2, 0) is 0 Å². The molecule has 0 aliphatic carbocycles. The first-order chi connectivity index (χ1) is 9.93. The van der Waals surface area contributed by atoms with Gasteiger partial charge in [-0.15, -0.1) is 0 Å². The van der Waals surface area contributed by atoms with Crippen molar-refractivity contribution in [3.63, 3.8) is 0 Å². The summed E-state index contributed by atoms with van der Waals surface area (Å²) < 4.78 is 6.20. The highest BCUT2D eigenvalue weighted by Gasteiger charge is 2.26. The minimum absolute atomic E-state index is 0.0881. The van der Waals surface area contributed by atoms with Gasteiger partial charge in [-0.1, -0.05) is 48.5 Å². The summed E-state index contributed by atoms with van der Waals surface area (Å²) in [6.45, 7) is 0. The van der Waals surface area contributed by atoms with Crippen LogP contribution in [0.25, 0.3) is 11.1 Å². The molecule has 0 saturated carbocycles. The van der Waals surface area contributed by atoms with E-state index in [-0.39, 0.29) is 6.10 Å². The second kappa shape index (κ2) is 4.49. The molecule has 2 nitrogen and oxygen atoms in total. The van der Waals surface area contributed by atoms with Crippen LogP contribution in [0.1, 0.15) is 17.2 Å². The summed E-state index contributed by atoms with van der Waals surface area (Å²) in [6, 6.07) is 20.6. The van der Waals surface area contributed by atoms with Crippen LogP contribution in [0.4, 0.5) is 0 Å². The minimum atomic E-state index is -0.0881. The standard InChI is InChI=1S/C18H13NO/c1-2-9-16-14(7-1)15-8-3-4-10-17(15)20-18(16)13-6-5-11-19-12-13/h1-12,18H. The van der Waals surface area contributed by atoms with E-state index in [9.17, 15) is 0 Å². The average Bonchev–Trinajstić information content (AvgIpc) is 2.55. The highest BCUT2D eigenvalue weighted by Crippen LogP contribution is 2.44. The number of pyridine rings is 1. The van der Waals surface area contributed by atoms with Crippen LogP contribution in [-0.4, -0.2) is 4.98 Å². The number of benzene rings is 2. The molecule has 1 unspecified atom stereocenters. The Bertz CT molecular complexity index is 752. The predicted octanol–water partition coefficient (Wildman–Crippen LogP) is 4.23. The molecular weight excluding hydrogens is 246 g/mol. The van der Waals surface area contributed by atoms with E-state index in [0.717, 1.165) is 16.9 Å². The lowest BCUT2D eigenvalue weighted by Crippen LogP contribution is -2.15. The fourth-order valence-electron chi connectivity index (χ4n) is 2.73. The summed E-state index contributed by atoms with van der Waals surface area (Å²) >= 11 is 0. The Labute approximate surface area is 117 Å². The molecule has 0 radical (unpaired) electrons. The lowest BCUT2D eigenvalue weighted by atomic mass is 9.90. The SMILES string of the molecule is c1cncc(C2Oc3ccccc3-c3ccccc32)c1. The van der Waals surface area contributed by atoms with Crippen molar-refractivity contribution in [3.05, 3.63) is 84.2 Å². The van der Waals surface area contributed by atoms with Gasteiger partial charge in [-0.2, -0.15) is 0 Å². The topological polar surface area (TPSA) is 22.1 Å². The third kappa shape index (κ3) is 1.69. The minimum Gasteiger partial charge on any atom is -0.480 e. The van der Waals surface area contributed by atoms with Crippen molar-refractivity contribution in [2.75, 3.05) is 0 Å². The Morgan fingerprint density at radius 1 is 0.800 bits per heavy atom. The Hall–Kier alpha value is -2.61. The molecular formula is C18H13NO. The van der Waals surface area contributed by atoms with Crippen LogP contribution in [0.5, 0.6) is 5.75 Å². The van der Waals surface area contributed by atoms with Gasteiger partial charge in [0.05, 0.1) is 0 Å². The molecule has 0 spiro atoms. The summed E-state index contributed by atoms with van der Waals surface area (Å²) in [4.78, 5) is 4.21. The van der Waals surface area contributed by atoms with Gasteiger partial charge in [-0.05, 0) is 17.7 Å². The quantitative estimate of drug-likeness (QED) is 0.652. The third-order valence-electron chi connectivity index (χ3n) is 3.65. The maximum Gasteiger partial charge on any atom is 0.151 e.